The SMILES string of the molecule is Fc1cccc(C2(CCl)OC2c2cccc(Cl)c2)c1. The number of epoxide rings is 1. The van der Waals surface area contributed by atoms with Crippen LogP contribution in [0.1, 0.15) is 17.2 Å². The molecule has 0 radical (unpaired) electrons. The standard InChI is InChI=1S/C15H11Cl2FO/c16-9-15(11-4-2-6-13(18)8-11)14(19-15)10-3-1-5-12(17)7-10/h1-8,14H,9H2. The van der Waals surface area contributed by atoms with Gasteiger partial charge in [0.2, 0.25) is 0 Å². The van der Waals surface area contributed by atoms with Gasteiger partial charge in [-0.15, -0.1) is 11.6 Å². The Morgan fingerprint density at radius 2 is 1.95 bits per heavy atom. The minimum atomic E-state index is -0.645. The summed E-state index contributed by atoms with van der Waals surface area (Å²) in [5.41, 5.74) is 1.07. The van der Waals surface area contributed by atoms with E-state index in [4.69, 9.17) is 27.9 Å². The molecule has 0 N–H and O–H groups in total. The predicted molar refractivity (Wildman–Crippen MR) is 74.1 cm³/mol. The van der Waals surface area contributed by atoms with Crippen LogP contribution in [0, 0.1) is 5.82 Å². The highest BCUT2D eigenvalue weighted by atomic mass is 35.5. The second kappa shape index (κ2) is 4.78. The molecular weight excluding hydrogens is 286 g/mol. The van der Waals surface area contributed by atoms with Gasteiger partial charge in [0.05, 0.1) is 5.88 Å². The Balaban J connectivity index is 1.96. The highest BCUT2D eigenvalue weighted by molar-refractivity contribution is 6.30. The van der Waals surface area contributed by atoms with Gasteiger partial charge in [0.25, 0.3) is 0 Å². The first kappa shape index (κ1) is 12.9. The molecule has 19 heavy (non-hydrogen) atoms. The summed E-state index contributed by atoms with van der Waals surface area (Å²) in [5.74, 6) is -0.0180. The molecule has 0 amide bonds. The van der Waals surface area contributed by atoms with Gasteiger partial charge in [-0.1, -0.05) is 35.9 Å². The Morgan fingerprint density at radius 3 is 2.63 bits per heavy atom. The Morgan fingerprint density at radius 1 is 1.16 bits per heavy atom. The average molecular weight is 297 g/mol. The van der Waals surface area contributed by atoms with Crippen LogP contribution in [0.25, 0.3) is 0 Å². The van der Waals surface area contributed by atoms with Gasteiger partial charge in [-0.3, -0.25) is 0 Å². The zero-order valence-electron chi connectivity index (χ0n) is 9.95. The molecule has 4 heteroatoms. The minimum Gasteiger partial charge on any atom is -0.355 e. The molecule has 1 nitrogen and oxygen atoms in total. The number of hydrogen-bond acceptors (Lipinski definition) is 1. The van der Waals surface area contributed by atoms with Crippen LogP contribution in [0.15, 0.2) is 48.5 Å². The van der Waals surface area contributed by atoms with Gasteiger partial charge in [-0.05, 0) is 35.4 Å². The lowest BCUT2D eigenvalue weighted by molar-refractivity contribution is 0.315. The van der Waals surface area contributed by atoms with Crippen LogP contribution in [-0.4, -0.2) is 5.88 Å². The van der Waals surface area contributed by atoms with Crippen LogP contribution in [0.4, 0.5) is 4.39 Å². The van der Waals surface area contributed by atoms with E-state index in [1.54, 1.807) is 12.1 Å². The van der Waals surface area contributed by atoms with Gasteiger partial charge in [-0.2, -0.15) is 0 Å². The summed E-state index contributed by atoms with van der Waals surface area (Å²) in [6, 6.07) is 13.8. The van der Waals surface area contributed by atoms with E-state index in [0.717, 1.165) is 11.1 Å². The maximum Gasteiger partial charge on any atom is 0.138 e. The van der Waals surface area contributed by atoms with Crippen LogP contribution in [0.5, 0.6) is 0 Å². The quantitative estimate of drug-likeness (QED) is 0.591. The van der Waals surface area contributed by atoms with Crippen molar-refractivity contribution in [2.75, 3.05) is 5.88 Å². The zero-order valence-corrected chi connectivity index (χ0v) is 11.5. The fraction of sp³-hybridized carbons (Fsp3) is 0.200. The second-order valence-electron chi connectivity index (χ2n) is 4.59. The summed E-state index contributed by atoms with van der Waals surface area (Å²) in [6.45, 7) is 0. The third-order valence-electron chi connectivity index (χ3n) is 3.36. The predicted octanol–water partition coefficient (Wildman–Crippen LogP) is 4.68. The van der Waals surface area contributed by atoms with Gasteiger partial charge < -0.3 is 4.74 Å². The van der Waals surface area contributed by atoms with Crippen molar-refractivity contribution in [3.05, 3.63) is 70.5 Å². The van der Waals surface area contributed by atoms with Crippen LogP contribution in [0.3, 0.4) is 0 Å². The van der Waals surface area contributed by atoms with E-state index in [9.17, 15) is 4.39 Å². The summed E-state index contributed by atoms with van der Waals surface area (Å²) in [6.07, 6.45) is -0.175. The van der Waals surface area contributed by atoms with Crippen molar-refractivity contribution in [3.63, 3.8) is 0 Å². The normalized spacial score (nSPS) is 25.3. The van der Waals surface area contributed by atoms with Crippen LogP contribution in [0.2, 0.25) is 5.02 Å². The zero-order chi connectivity index (χ0) is 13.5. The minimum absolute atomic E-state index is 0.175. The second-order valence-corrected chi connectivity index (χ2v) is 5.29. The number of benzene rings is 2. The third-order valence-corrected chi connectivity index (χ3v) is 3.99. The van der Waals surface area contributed by atoms with Crippen molar-refractivity contribution >= 4 is 23.2 Å². The van der Waals surface area contributed by atoms with Gasteiger partial charge in [0.1, 0.15) is 17.5 Å². The average Bonchev–Trinajstić information content (AvgIpc) is 3.15. The molecule has 2 aromatic carbocycles. The molecule has 0 saturated carbocycles. The van der Waals surface area contributed by atoms with Crippen LogP contribution >= 0.6 is 23.2 Å². The smallest absolute Gasteiger partial charge is 0.138 e. The van der Waals surface area contributed by atoms with Gasteiger partial charge in [-0.25, -0.2) is 4.39 Å². The molecule has 0 bridgehead atoms. The summed E-state index contributed by atoms with van der Waals surface area (Å²) in [7, 11) is 0. The van der Waals surface area contributed by atoms with Crippen molar-refractivity contribution < 1.29 is 9.13 Å². The molecule has 1 aliphatic heterocycles. The van der Waals surface area contributed by atoms with E-state index in [0.29, 0.717) is 5.02 Å². The Hall–Kier alpha value is -1.09. The molecule has 1 heterocycles. The lowest BCUT2D eigenvalue weighted by atomic mass is 9.93. The van der Waals surface area contributed by atoms with Crippen molar-refractivity contribution in [1.82, 2.24) is 0 Å². The Bertz CT molecular complexity index is 617. The third kappa shape index (κ3) is 2.25. The molecule has 2 unspecified atom stereocenters. The number of ether oxygens (including phenoxy) is 1. The molecule has 0 spiro atoms. The molecule has 98 valence electrons. The first-order chi connectivity index (χ1) is 9.15. The lowest BCUT2D eigenvalue weighted by Gasteiger charge is -2.10. The van der Waals surface area contributed by atoms with E-state index in [2.05, 4.69) is 0 Å². The van der Waals surface area contributed by atoms with E-state index in [1.165, 1.54) is 12.1 Å². The number of halogens is 3. The summed E-state index contributed by atoms with van der Waals surface area (Å²) >= 11 is 12.0. The molecule has 2 atom stereocenters. The molecule has 1 saturated heterocycles. The van der Waals surface area contributed by atoms with E-state index in [-0.39, 0.29) is 17.8 Å². The van der Waals surface area contributed by atoms with Gasteiger partial charge >= 0.3 is 0 Å². The fourth-order valence-corrected chi connectivity index (χ4v) is 2.89. The van der Waals surface area contributed by atoms with Crippen molar-refractivity contribution in [2.45, 2.75) is 11.7 Å². The Labute approximate surface area is 120 Å². The molecular formula is C15H11Cl2FO. The molecule has 1 aliphatic rings. The first-order valence-corrected chi connectivity index (χ1v) is 6.82. The molecule has 0 aromatic heterocycles. The topological polar surface area (TPSA) is 12.5 Å². The van der Waals surface area contributed by atoms with Crippen LogP contribution in [-0.2, 0) is 10.3 Å². The largest absolute Gasteiger partial charge is 0.355 e. The fourth-order valence-electron chi connectivity index (χ4n) is 2.33. The lowest BCUT2D eigenvalue weighted by Crippen LogP contribution is -2.12. The Kier molecular flexibility index (Phi) is 3.25. The summed E-state index contributed by atoms with van der Waals surface area (Å²) < 4.78 is 19.1. The number of rotatable bonds is 3. The van der Waals surface area contributed by atoms with Crippen LogP contribution < -0.4 is 0 Å². The highest BCUT2D eigenvalue weighted by Gasteiger charge is 2.58. The molecule has 2 aromatic rings. The molecule has 0 aliphatic carbocycles. The van der Waals surface area contributed by atoms with Gasteiger partial charge in [0, 0.05) is 5.02 Å². The number of alkyl halides is 1. The van der Waals surface area contributed by atoms with E-state index >= 15 is 0 Å². The first-order valence-electron chi connectivity index (χ1n) is 5.91. The number of hydrogen-bond donors (Lipinski definition) is 0. The summed E-state index contributed by atoms with van der Waals surface area (Å²) in [4.78, 5) is 0. The van der Waals surface area contributed by atoms with E-state index in [1.807, 2.05) is 24.3 Å². The van der Waals surface area contributed by atoms with Gasteiger partial charge in [0.15, 0.2) is 0 Å². The monoisotopic (exact) mass is 296 g/mol. The van der Waals surface area contributed by atoms with E-state index < -0.39 is 5.60 Å². The maximum absolute atomic E-state index is 13.3. The molecule has 3 rings (SSSR count). The van der Waals surface area contributed by atoms with Crippen molar-refractivity contribution in [3.8, 4) is 0 Å². The van der Waals surface area contributed by atoms with Crippen molar-refractivity contribution in [1.29, 1.82) is 0 Å². The highest BCUT2D eigenvalue weighted by Crippen LogP contribution is 2.57. The molecule has 1 fully saturated rings. The van der Waals surface area contributed by atoms with Crippen molar-refractivity contribution in [2.24, 2.45) is 0 Å². The summed E-state index contributed by atoms with van der Waals surface area (Å²) in [5, 5.41) is 0.649. The maximum atomic E-state index is 13.3.